The van der Waals surface area contributed by atoms with Crippen LogP contribution in [0.1, 0.15) is 5.56 Å². The van der Waals surface area contributed by atoms with Crippen LogP contribution in [0.2, 0.25) is 0 Å². The van der Waals surface area contributed by atoms with E-state index in [1.54, 1.807) is 12.4 Å². The molecule has 0 fully saturated rings. The SMILES string of the molecule is Cc1cnc(-c2ncc(-n3c4ccccc4c4ccccc43)cn2)nc1. The van der Waals surface area contributed by atoms with Crippen LogP contribution >= 0.6 is 0 Å². The average Bonchev–Trinajstić information content (AvgIpc) is 3.03. The lowest BCUT2D eigenvalue weighted by Gasteiger charge is -2.07. The van der Waals surface area contributed by atoms with Crippen LogP contribution in [0.15, 0.2) is 73.3 Å². The summed E-state index contributed by atoms with van der Waals surface area (Å²) < 4.78 is 2.18. The third kappa shape index (κ3) is 2.25. The quantitative estimate of drug-likeness (QED) is 0.481. The van der Waals surface area contributed by atoms with Crippen molar-refractivity contribution >= 4 is 21.8 Å². The summed E-state index contributed by atoms with van der Waals surface area (Å²) in [6.45, 7) is 1.95. The van der Waals surface area contributed by atoms with Gasteiger partial charge in [0.25, 0.3) is 0 Å². The van der Waals surface area contributed by atoms with Crippen molar-refractivity contribution in [2.75, 3.05) is 0 Å². The Balaban J connectivity index is 1.69. The maximum Gasteiger partial charge on any atom is 0.197 e. The summed E-state index contributed by atoms with van der Waals surface area (Å²) in [6.07, 6.45) is 7.19. The van der Waals surface area contributed by atoms with Crippen molar-refractivity contribution in [1.82, 2.24) is 24.5 Å². The summed E-state index contributed by atoms with van der Waals surface area (Å²) in [7, 11) is 0. The van der Waals surface area contributed by atoms with Crippen molar-refractivity contribution in [3.8, 4) is 17.3 Å². The van der Waals surface area contributed by atoms with Crippen LogP contribution in [0.5, 0.6) is 0 Å². The third-order valence-electron chi connectivity index (χ3n) is 4.46. The second kappa shape index (κ2) is 5.74. The van der Waals surface area contributed by atoms with E-state index in [-0.39, 0.29) is 0 Å². The van der Waals surface area contributed by atoms with Crippen LogP contribution in [0, 0.1) is 6.92 Å². The number of para-hydroxylation sites is 2. The van der Waals surface area contributed by atoms with E-state index in [1.807, 2.05) is 31.5 Å². The van der Waals surface area contributed by atoms with Crippen molar-refractivity contribution in [1.29, 1.82) is 0 Å². The minimum atomic E-state index is 0.523. The molecule has 0 aliphatic rings. The molecule has 5 rings (SSSR count). The molecule has 0 bridgehead atoms. The first kappa shape index (κ1) is 14.7. The van der Waals surface area contributed by atoms with Crippen molar-refractivity contribution < 1.29 is 0 Å². The maximum absolute atomic E-state index is 4.49. The summed E-state index contributed by atoms with van der Waals surface area (Å²) >= 11 is 0. The molecule has 2 aromatic carbocycles. The zero-order valence-electron chi connectivity index (χ0n) is 14.2. The van der Waals surface area contributed by atoms with Gasteiger partial charge in [-0.05, 0) is 24.6 Å². The minimum Gasteiger partial charge on any atom is -0.306 e. The predicted molar refractivity (Wildman–Crippen MR) is 102 cm³/mol. The second-order valence-electron chi connectivity index (χ2n) is 6.22. The Kier molecular flexibility index (Phi) is 3.25. The molecule has 0 saturated heterocycles. The van der Waals surface area contributed by atoms with Gasteiger partial charge in [0.05, 0.1) is 29.1 Å². The largest absolute Gasteiger partial charge is 0.306 e. The molecule has 0 unspecified atom stereocenters. The summed E-state index contributed by atoms with van der Waals surface area (Å²) in [5.41, 5.74) is 4.20. The first-order valence-electron chi connectivity index (χ1n) is 8.41. The highest BCUT2D eigenvalue weighted by Gasteiger charge is 2.12. The molecule has 0 aliphatic carbocycles. The van der Waals surface area contributed by atoms with Crippen molar-refractivity contribution in [3.05, 3.63) is 78.9 Å². The van der Waals surface area contributed by atoms with Gasteiger partial charge in [-0.2, -0.15) is 0 Å². The summed E-state index contributed by atoms with van der Waals surface area (Å²) in [6, 6.07) is 16.7. The van der Waals surface area contributed by atoms with Gasteiger partial charge in [-0.25, -0.2) is 19.9 Å². The molecule has 3 heterocycles. The Morgan fingerprint density at radius 2 is 1.08 bits per heavy atom. The van der Waals surface area contributed by atoms with Gasteiger partial charge in [0.1, 0.15) is 0 Å². The van der Waals surface area contributed by atoms with Gasteiger partial charge >= 0.3 is 0 Å². The van der Waals surface area contributed by atoms with Crippen LogP contribution in [0.4, 0.5) is 0 Å². The van der Waals surface area contributed by atoms with E-state index < -0.39 is 0 Å². The molecule has 0 aliphatic heterocycles. The summed E-state index contributed by atoms with van der Waals surface area (Å²) in [5, 5.41) is 2.43. The van der Waals surface area contributed by atoms with Gasteiger partial charge in [-0.1, -0.05) is 36.4 Å². The second-order valence-corrected chi connectivity index (χ2v) is 6.22. The molecule has 26 heavy (non-hydrogen) atoms. The van der Waals surface area contributed by atoms with Gasteiger partial charge in [0, 0.05) is 23.2 Å². The van der Waals surface area contributed by atoms with Gasteiger partial charge in [-0.15, -0.1) is 0 Å². The van der Waals surface area contributed by atoms with E-state index in [1.165, 1.54) is 10.8 Å². The van der Waals surface area contributed by atoms with Gasteiger partial charge in [0.15, 0.2) is 11.6 Å². The number of aryl methyl sites for hydroxylation is 1. The molecular weight excluding hydrogens is 322 g/mol. The molecule has 0 spiro atoms. The number of nitrogens with zero attached hydrogens (tertiary/aromatic N) is 5. The zero-order valence-corrected chi connectivity index (χ0v) is 14.2. The smallest absolute Gasteiger partial charge is 0.197 e. The fourth-order valence-corrected chi connectivity index (χ4v) is 3.26. The lowest BCUT2D eigenvalue weighted by Crippen LogP contribution is -1.99. The highest BCUT2D eigenvalue weighted by Crippen LogP contribution is 2.31. The van der Waals surface area contributed by atoms with E-state index in [0.29, 0.717) is 11.6 Å². The first-order valence-corrected chi connectivity index (χ1v) is 8.41. The predicted octanol–water partition coefficient (Wildman–Crippen LogP) is 4.34. The van der Waals surface area contributed by atoms with Crippen LogP contribution < -0.4 is 0 Å². The first-order chi connectivity index (χ1) is 12.8. The molecular formula is C21H15N5. The Labute approximate surface area is 150 Å². The van der Waals surface area contributed by atoms with Crippen molar-refractivity contribution in [2.24, 2.45) is 0 Å². The summed E-state index contributed by atoms with van der Waals surface area (Å²) in [4.78, 5) is 17.6. The van der Waals surface area contributed by atoms with Gasteiger partial charge in [-0.3, -0.25) is 0 Å². The van der Waals surface area contributed by atoms with Crippen LogP contribution in [0.25, 0.3) is 39.1 Å². The van der Waals surface area contributed by atoms with E-state index in [4.69, 9.17) is 0 Å². The van der Waals surface area contributed by atoms with E-state index in [2.05, 4.69) is 60.9 Å². The Morgan fingerprint density at radius 3 is 1.62 bits per heavy atom. The van der Waals surface area contributed by atoms with E-state index in [9.17, 15) is 0 Å². The molecule has 0 N–H and O–H groups in total. The maximum atomic E-state index is 4.49. The molecule has 124 valence electrons. The van der Waals surface area contributed by atoms with Gasteiger partial charge in [0.2, 0.25) is 0 Å². The van der Waals surface area contributed by atoms with E-state index in [0.717, 1.165) is 22.3 Å². The lowest BCUT2D eigenvalue weighted by atomic mass is 10.2. The Morgan fingerprint density at radius 1 is 0.615 bits per heavy atom. The van der Waals surface area contributed by atoms with Crippen molar-refractivity contribution in [2.45, 2.75) is 6.92 Å². The molecule has 5 aromatic rings. The minimum absolute atomic E-state index is 0.523. The van der Waals surface area contributed by atoms with Crippen LogP contribution in [-0.2, 0) is 0 Å². The van der Waals surface area contributed by atoms with Crippen molar-refractivity contribution in [3.63, 3.8) is 0 Å². The molecule has 0 radical (unpaired) electrons. The standard InChI is InChI=1S/C21H15N5/c1-14-10-22-20(23-11-14)21-24-12-15(13-25-21)26-18-8-4-2-6-16(18)17-7-3-5-9-19(17)26/h2-13H,1H3. The normalized spacial score (nSPS) is 11.3. The monoisotopic (exact) mass is 337 g/mol. The highest BCUT2D eigenvalue weighted by molar-refractivity contribution is 6.09. The number of aromatic nitrogens is 5. The number of benzene rings is 2. The molecule has 5 nitrogen and oxygen atoms in total. The third-order valence-corrected chi connectivity index (χ3v) is 4.46. The summed E-state index contributed by atoms with van der Waals surface area (Å²) in [5.74, 6) is 1.05. The Bertz CT molecular complexity index is 1170. The number of fused-ring (bicyclic) bond motifs is 3. The topological polar surface area (TPSA) is 56.5 Å². The number of hydrogen-bond donors (Lipinski definition) is 0. The Hall–Kier alpha value is -3.60. The van der Waals surface area contributed by atoms with E-state index >= 15 is 0 Å². The molecule has 3 aromatic heterocycles. The zero-order chi connectivity index (χ0) is 17.5. The van der Waals surface area contributed by atoms with Crippen LogP contribution in [0.3, 0.4) is 0 Å². The fourth-order valence-electron chi connectivity index (χ4n) is 3.26. The molecule has 0 amide bonds. The fraction of sp³-hybridized carbons (Fsp3) is 0.0476. The molecule has 0 atom stereocenters. The molecule has 5 heteroatoms. The highest BCUT2D eigenvalue weighted by atomic mass is 15.0. The lowest BCUT2D eigenvalue weighted by molar-refractivity contribution is 1.03. The molecule has 0 saturated carbocycles. The average molecular weight is 337 g/mol. The van der Waals surface area contributed by atoms with Crippen LogP contribution in [-0.4, -0.2) is 24.5 Å². The number of hydrogen-bond acceptors (Lipinski definition) is 4. The van der Waals surface area contributed by atoms with Gasteiger partial charge < -0.3 is 4.57 Å². The number of rotatable bonds is 2.